The molecule has 0 aliphatic heterocycles. The van der Waals surface area contributed by atoms with Gasteiger partial charge in [0.1, 0.15) is 5.75 Å². The summed E-state index contributed by atoms with van der Waals surface area (Å²) in [6.45, 7) is 4.55. The van der Waals surface area contributed by atoms with Crippen molar-refractivity contribution >= 4 is 17.2 Å². The smallest absolute Gasteiger partial charge is 0.119 e. The Hall–Kier alpha value is -3.37. The number of halogens is 1. The summed E-state index contributed by atoms with van der Waals surface area (Å²) in [4.78, 5) is 0. The molecule has 0 saturated heterocycles. The third-order valence-corrected chi connectivity index (χ3v) is 7.64. The first-order valence-electron chi connectivity index (χ1n) is 14.1. The van der Waals surface area contributed by atoms with Crippen molar-refractivity contribution in [2.75, 3.05) is 13.2 Å². The van der Waals surface area contributed by atoms with E-state index in [1.54, 1.807) is 0 Å². The maximum atomic E-state index is 6.68. The van der Waals surface area contributed by atoms with Gasteiger partial charge < -0.3 is 14.2 Å². The van der Waals surface area contributed by atoms with Crippen LogP contribution in [0.5, 0.6) is 5.75 Å². The summed E-state index contributed by atoms with van der Waals surface area (Å²) in [7, 11) is 0. The van der Waals surface area contributed by atoms with Crippen molar-refractivity contribution in [2.24, 2.45) is 5.92 Å². The fourth-order valence-electron chi connectivity index (χ4n) is 5.23. The van der Waals surface area contributed by atoms with Crippen molar-refractivity contribution in [1.82, 2.24) is 0 Å². The molecule has 0 bridgehead atoms. The van der Waals surface area contributed by atoms with Crippen LogP contribution in [0.25, 0.3) is 5.57 Å². The van der Waals surface area contributed by atoms with Gasteiger partial charge in [0.2, 0.25) is 0 Å². The molecule has 4 aromatic carbocycles. The molecule has 0 aromatic heterocycles. The first-order valence-corrected chi connectivity index (χ1v) is 14.5. The molecule has 2 atom stereocenters. The average molecular weight is 553 g/mol. The van der Waals surface area contributed by atoms with Crippen LogP contribution in [0.3, 0.4) is 0 Å². The molecule has 0 saturated carbocycles. The van der Waals surface area contributed by atoms with Crippen molar-refractivity contribution in [3.8, 4) is 5.75 Å². The zero-order valence-electron chi connectivity index (χ0n) is 23.1. The third kappa shape index (κ3) is 8.08. The van der Waals surface area contributed by atoms with Crippen molar-refractivity contribution < 1.29 is 14.2 Å². The molecule has 0 fully saturated rings. The Kier molecular flexibility index (Phi) is 10.1. The fraction of sp³-hybridized carbons (Fsp3) is 0.278. The predicted molar refractivity (Wildman–Crippen MR) is 164 cm³/mol. The van der Waals surface area contributed by atoms with Crippen molar-refractivity contribution in [3.63, 3.8) is 0 Å². The van der Waals surface area contributed by atoms with Crippen LogP contribution in [-0.2, 0) is 29.1 Å². The lowest BCUT2D eigenvalue weighted by atomic mass is 9.85. The molecule has 1 aliphatic carbocycles. The molecule has 1 unspecified atom stereocenters. The number of benzene rings is 4. The van der Waals surface area contributed by atoms with Crippen LogP contribution >= 0.6 is 11.6 Å². The van der Waals surface area contributed by atoms with Gasteiger partial charge in [-0.1, -0.05) is 96.5 Å². The van der Waals surface area contributed by atoms with E-state index in [1.165, 1.54) is 27.8 Å². The second-order valence-electron chi connectivity index (χ2n) is 10.4. The summed E-state index contributed by atoms with van der Waals surface area (Å²) in [6.07, 6.45) is 5.08. The standard InChI is InChI=1S/C36H37ClO3/c1-2-39-34-16-13-27(14-17-34)19-33-22-31(15-18-36(33)37)32-20-30(25-38-24-28-9-5-3-6-10-28)21-35(23-32)40-26-29-11-7-4-8-12-29/h3-18,20,22,30,35H,2,19,21,23-26H2,1H3/t30?,35-/m0/s1. The minimum atomic E-state index is 0.121. The monoisotopic (exact) mass is 552 g/mol. The number of hydrogen-bond donors (Lipinski definition) is 0. The molecule has 5 rings (SSSR count). The van der Waals surface area contributed by atoms with E-state index in [4.69, 9.17) is 25.8 Å². The molecule has 3 nitrogen and oxygen atoms in total. The van der Waals surface area contributed by atoms with Crippen LogP contribution in [-0.4, -0.2) is 19.3 Å². The molecule has 0 heterocycles. The van der Waals surface area contributed by atoms with E-state index in [0.29, 0.717) is 26.4 Å². The maximum absolute atomic E-state index is 6.68. The lowest BCUT2D eigenvalue weighted by Gasteiger charge is -2.29. The molecule has 4 heteroatoms. The maximum Gasteiger partial charge on any atom is 0.119 e. The van der Waals surface area contributed by atoms with Crippen molar-refractivity contribution in [2.45, 2.75) is 45.5 Å². The number of hydrogen-bond acceptors (Lipinski definition) is 3. The Labute approximate surface area is 243 Å². The SMILES string of the molecule is CCOc1ccc(Cc2cc(C3=CC(COCc4ccccc4)C[C@H](OCc4ccccc4)C3)ccc2Cl)cc1. The summed E-state index contributed by atoms with van der Waals surface area (Å²) in [5, 5.41) is 0.786. The zero-order valence-corrected chi connectivity index (χ0v) is 23.9. The van der Waals surface area contributed by atoms with Gasteiger partial charge in [-0.05, 0) is 83.8 Å². The van der Waals surface area contributed by atoms with Gasteiger partial charge in [0.05, 0.1) is 32.5 Å². The minimum Gasteiger partial charge on any atom is -0.494 e. The molecule has 206 valence electrons. The quantitative estimate of drug-likeness (QED) is 0.175. The highest BCUT2D eigenvalue weighted by Crippen LogP contribution is 2.35. The van der Waals surface area contributed by atoms with E-state index in [9.17, 15) is 0 Å². The Morgan fingerprint density at radius 3 is 2.17 bits per heavy atom. The van der Waals surface area contributed by atoms with Crippen LogP contribution in [0.15, 0.2) is 109 Å². The van der Waals surface area contributed by atoms with E-state index >= 15 is 0 Å². The first-order chi connectivity index (χ1) is 19.7. The van der Waals surface area contributed by atoms with Crippen LogP contribution in [0.2, 0.25) is 5.02 Å². The molecule has 0 radical (unpaired) electrons. The van der Waals surface area contributed by atoms with E-state index in [1.807, 2.05) is 37.3 Å². The van der Waals surface area contributed by atoms with E-state index in [0.717, 1.165) is 35.6 Å². The summed E-state index contributed by atoms with van der Waals surface area (Å²) in [5.74, 6) is 1.17. The predicted octanol–water partition coefficient (Wildman–Crippen LogP) is 8.93. The Morgan fingerprint density at radius 1 is 0.775 bits per heavy atom. The van der Waals surface area contributed by atoms with Crippen LogP contribution in [0.1, 0.15) is 47.6 Å². The van der Waals surface area contributed by atoms with Crippen LogP contribution in [0.4, 0.5) is 0 Å². The van der Waals surface area contributed by atoms with Gasteiger partial charge in [-0.3, -0.25) is 0 Å². The van der Waals surface area contributed by atoms with Gasteiger partial charge in [-0.25, -0.2) is 0 Å². The molecule has 40 heavy (non-hydrogen) atoms. The second-order valence-corrected chi connectivity index (χ2v) is 10.8. The third-order valence-electron chi connectivity index (χ3n) is 7.27. The molecule has 1 aliphatic rings. The Bertz CT molecular complexity index is 1370. The van der Waals surface area contributed by atoms with E-state index in [2.05, 4.69) is 78.9 Å². The molecule has 4 aromatic rings. The van der Waals surface area contributed by atoms with Gasteiger partial charge in [-0.15, -0.1) is 0 Å². The van der Waals surface area contributed by atoms with Crippen LogP contribution in [0, 0.1) is 5.92 Å². The molecule has 0 amide bonds. The molecule has 0 N–H and O–H groups in total. The molecular formula is C36H37ClO3. The van der Waals surface area contributed by atoms with Crippen molar-refractivity contribution in [3.05, 3.63) is 142 Å². The second kappa shape index (κ2) is 14.3. The summed E-state index contributed by atoms with van der Waals surface area (Å²) in [5.41, 5.74) is 7.20. The van der Waals surface area contributed by atoms with Gasteiger partial charge in [0, 0.05) is 10.9 Å². The number of rotatable bonds is 12. The fourth-order valence-corrected chi connectivity index (χ4v) is 5.42. The Balaban J connectivity index is 1.31. The van der Waals surface area contributed by atoms with E-state index in [-0.39, 0.29) is 12.0 Å². The van der Waals surface area contributed by atoms with Gasteiger partial charge in [0.25, 0.3) is 0 Å². The highest BCUT2D eigenvalue weighted by Gasteiger charge is 2.25. The van der Waals surface area contributed by atoms with Crippen molar-refractivity contribution in [1.29, 1.82) is 0 Å². The lowest BCUT2D eigenvalue weighted by molar-refractivity contribution is 0.0130. The van der Waals surface area contributed by atoms with Gasteiger partial charge in [-0.2, -0.15) is 0 Å². The van der Waals surface area contributed by atoms with Gasteiger partial charge >= 0.3 is 0 Å². The normalized spacial score (nSPS) is 16.9. The topological polar surface area (TPSA) is 27.7 Å². The lowest BCUT2D eigenvalue weighted by Crippen LogP contribution is -2.24. The highest BCUT2D eigenvalue weighted by atomic mass is 35.5. The van der Waals surface area contributed by atoms with Crippen LogP contribution < -0.4 is 4.74 Å². The number of ether oxygens (including phenoxy) is 3. The zero-order chi connectivity index (χ0) is 27.6. The average Bonchev–Trinajstić information content (AvgIpc) is 2.99. The largest absolute Gasteiger partial charge is 0.494 e. The highest BCUT2D eigenvalue weighted by molar-refractivity contribution is 6.31. The Morgan fingerprint density at radius 2 is 1.48 bits per heavy atom. The molecular weight excluding hydrogens is 516 g/mol. The molecule has 0 spiro atoms. The summed E-state index contributed by atoms with van der Waals surface area (Å²) < 4.78 is 18.2. The summed E-state index contributed by atoms with van der Waals surface area (Å²) >= 11 is 6.68. The van der Waals surface area contributed by atoms with Gasteiger partial charge in [0.15, 0.2) is 0 Å². The summed E-state index contributed by atoms with van der Waals surface area (Å²) in [6, 6.07) is 35.4. The minimum absolute atomic E-state index is 0.121. The van der Waals surface area contributed by atoms with E-state index < -0.39 is 0 Å². The first kappa shape index (κ1) is 28.2.